The molecule has 0 fully saturated rings. The van der Waals surface area contributed by atoms with Crippen LogP contribution in [0.25, 0.3) is 0 Å². The molecule has 0 aromatic carbocycles. The Bertz CT molecular complexity index is 432. The first-order valence-corrected chi connectivity index (χ1v) is 6.49. The Hall–Kier alpha value is -1.98. The molecule has 0 aliphatic rings. The average molecular weight is 265 g/mol. The number of hydrogen-bond acceptors (Lipinski definition) is 2. The van der Waals surface area contributed by atoms with Crippen LogP contribution in [0.3, 0.4) is 0 Å². The van der Waals surface area contributed by atoms with E-state index < -0.39 is 0 Å². The van der Waals surface area contributed by atoms with Crippen LogP contribution < -0.4 is 16.8 Å². The molecule has 0 saturated carbocycles. The van der Waals surface area contributed by atoms with E-state index in [1.54, 1.807) is 0 Å². The number of amides is 1. The molecule has 106 valence electrons. The zero-order valence-electron chi connectivity index (χ0n) is 11.6. The molecule has 0 atom stereocenters. The highest BCUT2D eigenvalue weighted by molar-refractivity contribution is 5.92. The summed E-state index contributed by atoms with van der Waals surface area (Å²) < 4.78 is 1.97. The molecule has 0 aliphatic heterocycles. The van der Waals surface area contributed by atoms with Crippen LogP contribution in [0.15, 0.2) is 23.3 Å². The lowest BCUT2D eigenvalue weighted by molar-refractivity contribution is 0.0945. The fourth-order valence-electron chi connectivity index (χ4n) is 1.66. The van der Waals surface area contributed by atoms with E-state index in [1.807, 2.05) is 22.9 Å². The highest BCUT2D eigenvalue weighted by Crippen LogP contribution is 2.07. The van der Waals surface area contributed by atoms with Crippen molar-refractivity contribution in [3.05, 3.63) is 24.0 Å². The average Bonchev–Trinajstić information content (AvgIpc) is 2.79. The number of carbonyl (C=O) groups is 1. The number of guanidine groups is 1. The first-order valence-electron chi connectivity index (χ1n) is 6.49. The van der Waals surface area contributed by atoms with Crippen molar-refractivity contribution in [1.82, 2.24) is 9.88 Å². The van der Waals surface area contributed by atoms with E-state index in [-0.39, 0.29) is 11.9 Å². The van der Waals surface area contributed by atoms with Gasteiger partial charge in [-0.2, -0.15) is 0 Å². The summed E-state index contributed by atoms with van der Waals surface area (Å²) in [4.78, 5) is 15.8. The Kier molecular flexibility index (Phi) is 5.92. The van der Waals surface area contributed by atoms with Crippen molar-refractivity contribution >= 4 is 11.9 Å². The first-order chi connectivity index (χ1) is 9.00. The van der Waals surface area contributed by atoms with Gasteiger partial charge >= 0.3 is 0 Å². The number of aryl methyl sites for hydroxylation is 1. The Morgan fingerprint density at radius 2 is 2.21 bits per heavy atom. The van der Waals surface area contributed by atoms with Crippen LogP contribution in [-0.4, -0.2) is 29.5 Å². The van der Waals surface area contributed by atoms with Crippen molar-refractivity contribution in [2.75, 3.05) is 13.1 Å². The van der Waals surface area contributed by atoms with Gasteiger partial charge in [-0.15, -0.1) is 0 Å². The maximum Gasteiger partial charge on any atom is 0.267 e. The van der Waals surface area contributed by atoms with E-state index in [0.29, 0.717) is 24.7 Å². The Balaban J connectivity index is 2.48. The van der Waals surface area contributed by atoms with E-state index in [0.717, 1.165) is 13.0 Å². The molecule has 0 spiro atoms. The summed E-state index contributed by atoms with van der Waals surface area (Å²) in [5.74, 6) is 0.550. The number of nitrogens with zero attached hydrogens (tertiary/aromatic N) is 2. The molecular weight excluding hydrogens is 242 g/mol. The van der Waals surface area contributed by atoms with Crippen molar-refractivity contribution < 1.29 is 4.79 Å². The number of hydrogen-bond donors (Lipinski definition) is 3. The number of aliphatic imine (C=N–C) groups is 1. The van der Waals surface area contributed by atoms with Gasteiger partial charge in [0.15, 0.2) is 5.96 Å². The Labute approximate surface area is 113 Å². The molecule has 0 aliphatic carbocycles. The third-order valence-corrected chi connectivity index (χ3v) is 2.70. The standard InChI is InChI=1S/C13H23N5O/c1-10(2)5-9-18-8-3-4-11(18)12(19)16-6-7-17-13(14)15/h3-4,8,10H,5-7,9H2,1-2H3,(H,16,19)(H4,14,15,17). The second-order valence-corrected chi connectivity index (χ2v) is 4.83. The van der Waals surface area contributed by atoms with Gasteiger partial charge in [0.05, 0.1) is 6.54 Å². The molecule has 0 bridgehead atoms. The summed E-state index contributed by atoms with van der Waals surface area (Å²) in [6.45, 7) is 5.99. The minimum atomic E-state index is -0.0976. The van der Waals surface area contributed by atoms with Gasteiger partial charge in [-0.1, -0.05) is 13.8 Å². The maximum atomic E-state index is 12.0. The fraction of sp³-hybridized carbons (Fsp3) is 0.538. The lowest BCUT2D eigenvalue weighted by Crippen LogP contribution is -2.30. The molecule has 1 aromatic rings. The summed E-state index contributed by atoms with van der Waals surface area (Å²) in [5.41, 5.74) is 11.1. The SMILES string of the molecule is CC(C)CCn1cccc1C(=O)NCCN=C(N)N. The Morgan fingerprint density at radius 3 is 2.84 bits per heavy atom. The third kappa shape index (κ3) is 5.46. The lowest BCUT2D eigenvalue weighted by atomic mass is 10.1. The predicted molar refractivity (Wildman–Crippen MR) is 76.9 cm³/mol. The van der Waals surface area contributed by atoms with Gasteiger partial charge in [-0.05, 0) is 24.5 Å². The van der Waals surface area contributed by atoms with Gasteiger partial charge in [0.2, 0.25) is 0 Å². The van der Waals surface area contributed by atoms with Crippen LogP contribution in [0.5, 0.6) is 0 Å². The summed E-state index contributed by atoms with van der Waals surface area (Å²) in [5, 5.41) is 2.79. The summed E-state index contributed by atoms with van der Waals surface area (Å²) in [7, 11) is 0. The van der Waals surface area contributed by atoms with Crippen LogP contribution in [0, 0.1) is 5.92 Å². The van der Waals surface area contributed by atoms with Crippen molar-refractivity contribution in [2.45, 2.75) is 26.8 Å². The maximum absolute atomic E-state index is 12.0. The minimum absolute atomic E-state index is 0.0366. The van der Waals surface area contributed by atoms with Crippen molar-refractivity contribution in [3.8, 4) is 0 Å². The zero-order chi connectivity index (χ0) is 14.3. The molecule has 6 nitrogen and oxygen atoms in total. The topological polar surface area (TPSA) is 98.4 Å². The molecule has 19 heavy (non-hydrogen) atoms. The van der Waals surface area contributed by atoms with Crippen LogP contribution >= 0.6 is 0 Å². The van der Waals surface area contributed by atoms with Gasteiger partial charge in [-0.25, -0.2) is 0 Å². The monoisotopic (exact) mass is 265 g/mol. The van der Waals surface area contributed by atoms with E-state index in [4.69, 9.17) is 11.5 Å². The van der Waals surface area contributed by atoms with E-state index in [1.165, 1.54) is 0 Å². The quantitative estimate of drug-likeness (QED) is 0.381. The second-order valence-electron chi connectivity index (χ2n) is 4.83. The number of nitrogens with one attached hydrogen (secondary N) is 1. The highest BCUT2D eigenvalue weighted by atomic mass is 16.1. The molecule has 0 unspecified atom stereocenters. The van der Waals surface area contributed by atoms with E-state index >= 15 is 0 Å². The predicted octanol–water partition coefficient (Wildman–Crippen LogP) is 0.537. The summed E-state index contributed by atoms with van der Waals surface area (Å²) >= 11 is 0. The van der Waals surface area contributed by atoms with Crippen molar-refractivity contribution in [3.63, 3.8) is 0 Å². The molecule has 1 aromatic heterocycles. The number of rotatable bonds is 7. The zero-order valence-corrected chi connectivity index (χ0v) is 11.6. The molecule has 6 heteroatoms. The van der Waals surface area contributed by atoms with E-state index in [9.17, 15) is 4.79 Å². The third-order valence-electron chi connectivity index (χ3n) is 2.70. The smallest absolute Gasteiger partial charge is 0.267 e. The minimum Gasteiger partial charge on any atom is -0.370 e. The number of aromatic nitrogens is 1. The van der Waals surface area contributed by atoms with Gasteiger partial charge in [0, 0.05) is 19.3 Å². The highest BCUT2D eigenvalue weighted by Gasteiger charge is 2.10. The molecule has 1 amide bonds. The summed E-state index contributed by atoms with van der Waals surface area (Å²) in [6.07, 6.45) is 2.97. The largest absolute Gasteiger partial charge is 0.370 e. The molecule has 5 N–H and O–H groups in total. The second kappa shape index (κ2) is 7.45. The van der Waals surface area contributed by atoms with Crippen LogP contribution in [-0.2, 0) is 6.54 Å². The van der Waals surface area contributed by atoms with Crippen LogP contribution in [0.4, 0.5) is 0 Å². The van der Waals surface area contributed by atoms with Gasteiger partial charge in [0.25, 0.3) is 5.91 Å². The molecule has 1 heterocycles. The first kappa shape index (κ1) is 15.1. The molecule has 1 rings (SSSR count). The van der Waals surface area contributed by atoms with E-state index in [2.05, 4.69) is 24.2 Å². The molecule has 0 radical (unpaired) electrons. The van der Waals surface area contributed by atoms with Crippen molar-refractivity contribution in [2.24, 2.45) is 22.4 Å². The number of nitrogens with two attached hydrogens (primary N) is 2. The van der Waals surface area contributed by atoms with Gasteiger partial charge in [0.1, 0.15) is 5.69 Å². The van der Waals surface area contributed by atoms with Gasteiger partial charge in [-0.3, -0.25) is 9.79 Å². The van der Waals surface area contributed by atoms with Crippen molar-refractivity contribution in [1.29, 1.82) is 0 Å². The molecular formula is C13H23N5O. The number of carbonyl (C=O) groups excluding carboxylic acids is 1. The fourth-order valence-corrected chi connectivity index (χ4v) is 1.66. The normalized spacial score (nSPS) is 10.5. The summed E-state index contributed by atoms with van der Waals surface area (Å²) in [6, 6.07) is 3.70. The Morgan fingerprint density at radius 1 is 1.47 bits per heavy atom. The van der Waals surface area contributed by atoms with Crippen LogP contribution in [0.2, 0.25) is 0 Å². The molecule has 0 saturated heterocycles. The van der Waals surface area contributed by atoms with Crippen LogP contribution in [0.1, 0.15) is 30.8 Å². The lowest BCUT2D eigenvalue weighted by Gasteiger charge is -2.10. The van der Waals surface area contributed by atoms with Gasteiger partial charge < -0.3 is 21.4 Å².